The zero-order valence-electron chi connectivity index (χ0n) is 14.5. The average molecular weight is 330 g/mol. The Bertz CT molecular complexity index is 591. The summed E-state index contributed by atoms with van der Waals surface area (Å²) in [6.07, 6.45) is 2.22. The number of carbonyl (C=O) groups is 2. The molecule has 1 unspecified atom stereocenters. The Balaban J connectivity index is 1.49. The third-order valence-electron chi connectivity index (χ3n) is 5.02. The molecule has 1 aromatic carbocycles. The molecule has 2 fully saturated rings. The van der Waals surface area contributed by atoms with Crippen LogP contribution in [-0.2, 0) is 9.59 Å². The van der Waals surface area contributed by atoms with Gasteiger partial charge in [-0.2, -0.15) is 0 Å². The van der Waals surface area contributed by atoms with Gasteiger partial charge in [-0.1, -0.05) is 17.7 Å². The molecule has 0 saturated carbocycles. The quantitative estimate of drug-likeness (QED) is 0.851. The van der Waals surface area contributed by atoms with Gasteiger partial charge in [0.2, 0.25) is 11.8 Å². The van der Waals surface area contributed by atoms with Crippen LogP contribution >= 0.6 is 0 Å². The molecule has 130 valence electrons. The summed E-state index contributed by atoms with van der Waals surface area (Å²) in [6.45, 7) is 6.71. The largest absolute Gasteiger partial charge is 0.490 e. The maximum absolute atomic E-state index is 12.6. The van der Waals surface area contributed by atoms with Gasteiger partial charge in [-0.3, -0.25) is 9.59 Å². The van der Waals surface area contributed by atoms with Crippen LogP contribution in [0.1, 0.15) is 31.7 Å². The number of likely N-dealkylation sites (tertiary alicyclic amines) is 2. The molecular formula is C19H26N2O3. The summed E-state index contributed by atoms with van der Waals surface area (Å²) in [7, 11) is 0. The van der Waals surface area contributed by atoms with Crippen molar-refractivity contribution in [2.24, 2.45) is 5.92 Å². The van der Waals surface area contributed by atoms with E-state index in [9.17, 15) is 9.59 Å². The summed E-state index contributed by atoms with van der Waals surface area (Å²) in [5, 5.41) is 0. The lowest BCUT2D eigenvalue weighted by atomic mass is 10.0. The third kappa shape index (κ3) is 3.71. The Labute approximate surface area is 143 Å². The fraction of sp³-hybridized carbons (Fsp3) is 0.579. The van der Waals surface area contributed by atoms with Crippen molar-refractivity contribution in [3.63, 3.8) is 0 Å². The van der Waals surface area contributed by atoms with Gasteiger partial charge in [0.05, 0.1) is 5.92 Å². The van der Waals surface area contributed by atoms with Crippen molar-refractivity contribution in [3.05, 3.63) is 29.8 Å². The van der Waals surface area contributed by atoms with E-state index in [1.165, 1.54) is 5.56 Å². The van der Waals surface area contributed by atoms with E-state index >= 15 is 0 Å². The SMILES string of the molecule is CCN1CC(C(=O)N2CCC(Oc3ccc(C)cc3)CC2)CC1=O. The lowest BCUT2D eigenvalue weighted by molar-refractivity contribution is -0.137. The van der Waals surface area contributed by atoms with Crippen LogP contribution in [0.25, 0.3) is 0 Å². The highest BCUT2D eigenvalue weighted by atomic mass is 16.5. The highest BCUT2D eigenvalue weighted by Crippen LogP contribution is 2.24. The molecule has 2 heterocycles. The van der Waals surface area contributed by atoms with E-state index in [0.29, 0.717) is 32.6 Å². The molecule has 2 aliphatic heterocycles. The molecule has 24 heavy (non-hydrogen) atoms. The summed E-state index contributed by atoms with van der Waals surface area (Å²) in [6, 6.07) is 8.09. The Kier molecular flexibility index (Phi) is 5.07. The summed E-state index contributed by atoms with van der Waals surface area (Å²) in [5.41, 5.74) is 1.22. The molecule has 2 amide bonds. The maximum Gasteiger partial charge on any atom is 0.227 e. The third-order valence-corrected chi connectivity index (χ3v) is 5.02. The molecule has 1 aromatic rings. The highest BCUT2D eigenvalue weighted by molar-refractivity contribution is 5.89. The van der Waals surface area contributed by atoms with Gasteiger partial charge in [0.1, 0.15) is 11.9 Å². The second-order valence-corrected chi connectivity index (χ2v) is 6.79. The van der Waals surface area contributed by atoms with E-state index in [1.807, 2.05) is 36.1 Å². The lowest BCUT2D eigenvalue weighted by Gasteiger charge is -2.33. The molecule has 0 radical (unpaired) electrons. The van der Waals surface area contributed by atoms with Crippen LogP contribution in [0.5, 0.6) is 5.75 Å². The van der Waals surface area contributed by atoms with Crippen molar-refractivity contribution in [1.29, 1.82) is 0 Å². The van der Waals surface area contributed by atoms with Gasteiger partial charge in [0.25, 0.3) is 0 Å². The van der Waals surface area contributed by atoms with Crippen molar-refractivity contribution in [2.75, 3.05) is 26.2 Å². The van der Waals surface area contributed by atoms with Gasteiger partial charge < -0.3 is 14.5 Å². The standard InChI is InChI=1S/C19H26N2O3/c1-3-20-13-15(12-18(20)22)19(23)21-10-8-17(9-11-21)24-16-6-4-14(2)5-7-16/h4-7,15,17H,3,8-13H2,1-2H3. The molecule has 5 heteroatoms. The molecule has 1 atom stereocenters. The predicted octanol–water partition coefficient (Wildman–Crippen LogP) is 2.23. The molecule has 2 saturated heterocycles. The molecule has 3 rings (SSSR count). The van der Waals surface area contributed by atoms with E-state index in [4.69, 9.17) is 4.74 Å². The summed E-state index contributed by atoms with van der Waals surface area (Å²) in [4.78, 5) is 28.1. The summed E-state index contributed by atoms with van der Waals surface area (Å²) >= 11 is 0. The number of aryl methyl sites for hydroxylation is 1. The second-order valence-electron chi connectivity index (χ2n) is 6.79. The number of carbonyl (C=O) groups excluding carboxylic acids is 2. The average Bonchev–Trinajstić information content (AvgIpc) is 2.98. The molecule has 0 spiro atoms. The fourth-order valence-corrected chi connectivity index (χ4v) is 3.50. The predicted molar refractivity (Wildman–Crippen MR) is 91.8 cm³/mol. The minimum atomic E-state index is -0.160. The van der Waals surface area contributed by atoms with Crippen molar-refractivity contribution >= 4 is 11.8 Å². The monoisotopic (exact) mass is 330 g/mol. The zero-order valence-corrected chi connectivity index (χ0v) is 14.5. The smallest absolute Gasteiger partial charge is 0.227 e. The van der Waals surface area contributed by atoms with Gasteiger partial charge in [-0.05, 0) is 26.0 Å². The summed E-state index contributed by atoms with van der Waals surface area (Å²) < 4.78 is 6.02. The Morgan fingerprint density at radius 3 is 2.46 bits per heavy atom. The van der Waals surface area contributed by atoms with Crippen LogP contribution in [0.4, 0.5) is 0 Å². The molecule has 0 N–H and O–H groups in total. The van der Waals surface area contributed by atoms with Crippen molar-refractivity contribution in [3.8, 4) is 5.75 Å². The van der Waals surface area contributed by atoms with Gasteiger partial charge in [0, 0.05) is 45.4 Å². The topological polar surface area (TPSA) is 49.9 Å². The fourth-order valence-electron chi connectivity index (χ4n) is 3.50. The number of ether oxygens (including phenoxy) is 1. The van der Waals surface area contributed by atoms with Crippen LogP contribution in [0.2, 0.25) is 0 Å². The van der Waals surface area contributed by atoms with Crippen LogP contribution in [0.15, 0.2) is 24.3 Å². The first-order valence-corrected chi connectivity index (χ1v) is 8.86. The zero-order chi connectivity index (χ0) is 17.1. The van der Waals surface area contributed by atoms with Crippen LogP contribution in [0, 0.1) is 12.8 Å². The minimum absolute atomic E-state index is 0.105. The number of hydrogen-bond acceptors (Lipinski definition) is 3. The molecule has 0 bridgehead atoms. The van der Waals surface area contributed by atoms with E-state index in [2.05, 4.69) is 6.92 Å². The number of hydrogen-bond donors (Lipinski definition) is 0. The molecule has 5 nitrogen and oxygen atoms in total. The van der Waals surface area contributed by atoms with Crippen LogP contribution < -0.4 is 4.74 Å². The van der Waals surface area contributed by atoms with E-state index in [-0.39, 0.29) is 23.8 Å². The number of nitrogens with zero attached hydrogens (tertiary/aromatic N) is 2. The first kappa shape index (κ1) is 16.8. The minimum Gasteiger partial charge on any atom is -0.490 e. The Morgan fingerprint density at radius 1 is 1.21 bits per heavy atom. The number of amides is 2. The van der Waals surface area contributed by atoms with Crippen molar-refractivity contribution in [2.45, 2.75) is 39.2 Å². The first-order valence-electron chi connectivity index (χ1n) is 8.86. The normalized spacial score (nSPS) is 22.1. The van der Waals surface area contributed by atoms with Crippen LogP contribution in [-0.4, -0.2) is 53.9 Å². The van der Waals surface area contributed by atoms with E-state index in [1.54, 1.807) is 4.90 Å². The molecule has 2 aliphatic rings. The second kappa shape index (κ2) is 7.24. The van der Waals surface area contributed by atoms with Gasteiger partial charge in [-0.15, -0.1) is 0 Å². The van der Waals surface area contributed by atoms with Crippen molar-refractivity contribution in [1.82, 2.24) is 9.80 Å². The Hall–Kier alpha value is -2.04. The van der Waals surface area contributed by atoms with Gasteiger partial charge in [-0.25, -0.2) is 0 Å². The number of benzene rings is 1. The van der Waals surface area contributed by atoms with Crippen molar-refractivity contribution < 1.29 is 14.3 Å². The molecule has 0 aromatic heterocycles. The maximum atomic E-state index is 12.6. The molecule has 0 aliphatic carbocycles. The molecular weight excluding hydrogens is 304 g/mol. The first-order chi connectivity index (χ1) is 11.6. The van der Waals surface area contributed by atoms with E-state index < -0.39 is 0 Å². The summed E-state index contributed by atoms with van der Waals surface area (Å²) in [5.74, 6) is 0.971. The van der Waals surface area contributed by atoms with E-state index in [0.717, 1.165) is 18.6 Å². The van der Waals surface area contributed by atoms with Crippen LogP contribution in [0.3, 0.4) is 0 Å². The number of rotatable bonds is 4. The number of piperidine rings is 1. The Morgan fingerprint density at radius 2 is 1.88 bits per heavy atom. The lowest BCUT2D eigenvalue weighted by Crippen LogP contribution is -2.44. The van der Waals surface area contributed by atoms with Gasteiger partial charge >= 0.3 is 0 Å². The highest BCUT2D eigenvalue weighted by Gasteiger charge is 2.36. The van der Waals surface area contributed by atoms with Gasteiger partial charge in [0.15, 0.2) is 0 Å².